The maximum Gasteiger partial charge on any atom is 0.239 e. The number of amides is 1. The first-order chi connectivity index (χ1) is 8.31. The van der Waals surface area contributed by atoms with Crippen molar-refractivity contribution in [3.8, 4) is 0 Å². The summed E-state index contributed by atoms with van der Waals surface area (Å²) in [6.45, 7) is 3.63. The fourth-order valence-corrected chi connectivity index (χ4v) is 1.56. The molecular weight excluding hydrogens is 240 g/mol. The average molecular weight is 257 g/mol. The Labute approximate surface area is 105 Å². The molecule has 6 heteroatoms. The summed E-state index contributed by atoms with van der Waals surface area (Å²) in [5.41, 5.74) is 5.50. The van der Waals surface area contributed by atoms with Crippen LogP contribution in [0.5, 0.6) is 0 Å². The summed E-state index contributed by atoms with van der Waals surface area (Å²) in [5.74, 6) is -1.80. The number of carbonyl (C=O) groups is 1. The largest absolute Gasteiger partial charge is 0.395 e. The third kappa shape index (κ3) is 3.58. The highest BCUT2D eigenvalue weighted by atomic mass is 19.1. The number of nitrogens with zero attached hydrogens (tertiary/aromatic N) is 1. The van der Waals surface area contributed by atoms with Crippen LogP contribution in [0.2, 0.25) is 0 Å². The van der Waals surface area contributed by atoms with E-state index in [9.17, 15) is 13.6 Å². The maximum absolute atomic E-state index is 13.3. The summed E-state index contributed by atoms with van der Waals surface area (Å²) in [6, 6.07) is 1.81. The van der Waals surface area contributed by atoms with Crippen molar-refractivity contribution in [1.29, 1.82) is 0 Å². The number of rotatable bonds is 4. The molecule has 18 heavy (non-hydrogen) atoms. The molecular formula is C12H17F2N3O. The van der Waals surface area contributed by atoms with E-state index in [0.717, 1.165) is 6.07 Å². The average Bonchev–Trinajstić information content (AvgIpc) is 2.21. The Bertz CT molecular complexity index is 449. The van der Waals surface area contributed by atoms with Gasteiger partial charge in [0, 0.05) is 19.2 Å². The molecule has 0 aliphatic rings. The van der Waals surface area contributed by atoms with Gasteiger partial charge in [0.15, 0.2) is 5.82 Å². The molecule has 1 amide bonds. The van der Waals surface area contributed by atoms with Gasteiger partial charge >= 0.3 is 0 Å². The smallest absolute Gasteiger partial charge is 0.239 e. The van der Waals surface area contributed by atoms with Crippen LogP contribution in [0.1, 0.15) is 13.8 Å². The van der Waals surface area contributed by atoms with Gasteiger partial charge in [-0.3, -0.25) is 4.79 Å². The standard InChI is InChI=1S/C12H17F2N3O/c1-7(2)16-11(18)6-17(3)10-5-8(13)4-9(14)12(10)15/h4-5,7H,6,15H2,1-3H3,(H,16,18). The van der Waals surface area contributed by atoms with Crippen molar-refractivity contribution in [3.63, 3.8) is 0 Å². The molecule has 0 radical (unpaired) electrons. The molecule has 0 heterocycles. The quantitative estimate of drug-likeness (QED) is 0.804. The van der Waals surface area contributed by atoms with Crippen LogP contribution in [0.25, 0.3) is 0 Å². The van der Waals surface area contributed by atoms with E-state index in [0.29, 0.717) is 6.07 Å². The van der Waals surface area contributed by atoms with E-state index in [1.54, 1.807) is 7.05 Å². The number of carbonyl (C=O) groups excluding carboxylic acids is 1. The van der Waals surface area contributed by atoms with Crippen LogP contribution in [0.15, 0.2) is 12.1 Å². The zero-order valence-corrected chi connectivity index (χ0v) is 10.6. The number of likely N-dealkylation sites (N-methyl/N-ethyl adjacent to an activating group) is 1. The Morgan fingerprint density at radius 2 is 2.06 bits per heavy atom. The molecule has 0 spiro atoms. The van der Waals surface area contributed by atoms with Crippen molar-refractivity contribution in [2.75, 3.05) is 24.2 Å². The lowest BCUT2D eigenvalue weighted by Gasteiger charge is -2.21. The van der Waals surface area contributed by atoms with E-state index in [4.69, 9.17) is 5.73 Å². The van der Waals surface area contributed by atoms with Gasteiger partial charge in [-0.1, -0.05) is 0 Å². The minimum Gasteiger partial charge on any atom is -0.395 e. The van der Waals surface area contributed by atoms with Crippen LogP contribution in [0, 0.1) is 11.6 Å². The van der Waals surface area contributed by atoms with E-state index in [2.05, 4.69) is 5.32 Å². The Morgan fingerprint density at radius 3 is 2.61 bits per heavy atom. The van der Waals surface area contributed by atoms with Gasteiger partial charge in [0.2, 0.25) is 5.91 Å². The third-order valence-electron chi connectivity index (χ3n) is 2.31. The van der Waals surface area contributed by atoms with E-state index < -0.39 is 11.6 Å². The Hall–Kier alpha value is -1.85. The van der Waals surface area contributed by atoms with E-state index in [1.165, 1.54) is 4.90 Å². The van der Waals surface area contributed by atoms with Crippen LogP contribution in [0.4, 0.5) is 20.2 Å². The Balaban J connectivity index is 2.84. The third-order valence-corrected chi connectivity index (χ3v) is 2.31. The van der Waals surface area contributed by atoms with Crippen LogP contribution < -0.4 is 16.0 Å². The van der Waals surface area contributed by atoms with E-state index >= 15 is 0 Å². The molecule has 0 unspecified atom stereocenters. The maximum atomic E-state index is 13.3. The highest BCUT2D eigenvalue weighted by Gasteiger charge is 2.14. The lowest BCUT2D eigenvalue weighted by atomic mass is 10.2. The molecule has 4 nitrogen and oxygen atoms in total. The normalized spacial score (nSPS) is 10.6. The first kappa shape index (κ1) is 14.2. The van der Waals surface area contributed by atoms with Crippen molar-refractivity contribution in [2.45, 2.75) is 19.9 Å². The van der Waals surface area contributed by atoms with Crippen LogP contribution in [-0.2, 0) is 4.79 Å². The molecule has 0 bridgehead atoms. The SMILES string of the molecule is CC(C)NC(=O)CN(C)c1cc(F)cc(F)c1N. The summed E-state index contributed by atoms with van der Waals surface area (Å²) >= 11 is 0. The fraction of sp³-hybridized carbons (Fsp3) is 0.417. The number of hydrogen-bond acceptors (Lipinski definition) is 3. The molecule has 1 aromatic carbocycles. The topological polar surface area (TPSA) is 58.4 Å². The lowest BCUT2D eigenvalue weighted by Crippen LogP contribution is -2.38. The zero-order chi connectivity index (χ0) is 13.9. The van der Waals surface area contributed by atoms with Gasteiger partial charge in [-0.05, 0) is 19.9 Å². The molecule has 1 rings (SSSR count). The van der Waals surface area contributed by atoms with Gasteiger partial charge in [0.05, 0.1) is 17.9 Å². The van der Waals surface area contributed by atoms with Crippen molar-refractivity contribution >= 4 is 17.3 Å². The number of anilines is 2. The van der Waals surface area contributed by atoms with Crippen LogP contribution in [0.3, 0.4) is 0 Å². The number of nitrogens with two attached hydrogens (primary N) is 1. The fourth-order valence-electron chi connectivity index (χ4n) is 1.56. The Morgan fingerprint density at radius 1 is 1.44 bits per heavy atom. The molecule has 3 N–H and O–H groups in total. The summed E-state index contributed by atoms with van der Waals surface area (Å²) in [6.07, 6.45) is 0. The second-order valence-corrected chi connectivity index (χ2v) is 4.40. The molecule has 100 valence electrons. The van der Waals surface area contributed by atoms with Crippen molar-refractivity contribution in [3.05, 3.63) is 23.8 Å². The molecule has 1 aromatic rings. The van der Waals surface area contributed by atoms with Gasteiger partial charge in [0.1, 0.15) is 5.82 Å². The summed E-state index contributed by atoms with van der Waals surface area (Å²) in [7, 11) is 1.55. The minimum atomic E-state index is -0.832. The highest BCUT2D eigenvalue weighted by molar-refractivity contribution is 5.83. The molecule has 0 fully saturated rings. The molecule has 0 saturated heterocycles. The van der Waals surface area contributed by atoms with Gasteiger partial charge < -0.3 is 16.0 Å². The predicted octanol–water partition coefficient (Wildman–Crippen LogP) is 1.51. The number of nitrogen functional groups attached to an aromatic ring is 1. The van der Waals surface area contributed by atoms with E-state index in [1.807, 2.05) is 13.8 Å². The summed E-state index contributed by atoms with van der Waals surface area (Å²) in [5, 5.41) is 2.68. The van der Waals surface area contributed by atoms with Gasteiger partial charge in [-0.15, -0.1) is 0 Å². The van der Waals surface area contributed by atoms with Crippen LogP contribution >= 0.6 is 0 Å². The van der Waals surface area contributed by atoms with Crippen molar-refractivity contribution in [1.82, 2.24) is 5.32 Å². The first-order valence-corrected chi connectivity index (χ1v) is 5.56. The van der Waals surface area contributed by atoms with Crippen molar-refractivity contribution < 1.29 is 13.6 Å². The van der Waals surface area contributed by atoms with Gasteiger partial charge in [-0.2, -0.15) is 0 Å². The zero-order valence-electron chi connectivity index (χ0n) is 10.6. The van der Waals surface area contributed by atoms with Gasteiger partial charge in [0.25, 0.3) is 0 Å². The number of nitrogens with one attached hydrogen (secondary N) is 1. The first-order valence-electron chi connectivity index (χ1n) is 5.56. The molecule has 0 atom stereocenters. The van der Waals surface area contributed by atoms with Crippen LogP contribution in [-0.4, -0.2) is 25.5 Å². The second kappa shape index (κ2) is 5.66. The summed E-state index contributed by atoms with van der Waals surface area (Å²) in [4.78, 5) is 12.9. The number of halogens is 2. The second-order valence-electron chi connectivity index (χ2n) is 4.40. The molecule has 0 saturated carbocycles. The molecule has 0 aliphatic carbocycles. The lowest BCUT2D eigenvalue weighted by molar-refractivity contribution is -0.120. The summed E-state index contributed by atoms with van der Waals surface area (Å²) < 4.78 is 26.3. The predicted molar refractivity (Wildman–Crippen MR) is 67.3 cm³/mol. The number of benzene rings is 1. The minimum absolute atomic E-state index is 0.00694. The monoisotopic (exact) mass is 257 g/mol. The van der Waals surface area contributed by atoms with Crippen molar-refractivity contribution in [2.24, 2.45) is 0 Å². The van der Waals surface area contributed by atoms with E-state index in [-0.39, 0.29) is 29.9 Å². The molecule has 0 aliphatic heterocycles. The number of hydrogen-bond donors (Lipinski definition) is 2. The highest BCUT2D eigenvalue weighted by Crippen LogP contribution is 2.26. The Kier molecular flexibility index (Phi) is 4.47. The molecule has 0 aromatic heterocycles. The van der Waals surface area contributed by atoms with Gasteiger partial charge in [-0.25, -0.2) is 8.78 Å².